The van der Waals surface area contributed by atoms with E-state index in [9.17, 15) is 5.11 Å². The Labute approximate surface area is 102 Å². The van der Waals surface area contributed by atoms with Gasteiger partial charge in [0.2, 0.25) is 0 Å². The molecule has 0 aliphatic rings. The minimum absolute atomic E-state index is 0.272. The molecule has 3 heteroatoms. The number of hydrogen-bond donors (Lipinski definition) is 2. The second-order valence-corrected chi connectivity index (χ2v) is 4.06. The normalized spacial score (nSPS) is 13.2. The Hall–Kier alpha value is -1.79. The molecule has 0 saturated carbocycles. The first-order chi connectivity index (χ1) is 8.04. The molecule has 1 atom stereocenters. The van der Waals surface area contributed by atoms with E-state index < -0.39 is 6.17 Å². The fourth-order valence-electron chi connectivity index (χ4n) is 1.49. The van der Waals surface area contributed by atoms with Gasteiger partial charge < -0.3 is 10.8 Å². The van der Waals surface area contributed by atoms with Crippen LogP contribution in [0.1, 0.15) is 37.1 Å². The van der Waals surface area contributed by atoms with Crippen LogP contribution in [0.4, 0.5) is 0 Å². The zero-order valence-electron chi connectivity index (χ0n) is 10.3. The number of benzene rings is 1. The third-order valence-corrected chi connectivity index (χ3v) is 2.55. The zero-order valence-corrected chi connectivity index (χ0v) is 10.3. The number of phenols is 1. The molecule has 0 radical (unpaired) electrons. The molecule has 0 amide bonds. The van der Waals surface area contributed by atoms with Crippen LogP contribution in [-0.4, -0.2) is 10.8 Å². The first-order valence-electron chi connectivity index (χ1n) is 5.56. The van der Waals surface area contributed by atoms with Crippen molar-refractivity contribution in [3.63, 3.8) is 0 Å². The molecule has 0 aliphatic heterocycles. The van der Waals surface area contributed by atoms with Crippen LogP contribution in [0.25, 0.3) is 0 Å². The van der Waals surface area contributed by atoms with Gasteiger partial charge in [-0.2, -0.15) is 0 Å². The number of nitrogens with zero attached hydrogens (tertiary/aromatic N) is 1. The topological polar surface area (TPSA) is 58.6 Å². The van der Waals surface area contributed by atoms with Crippen LogP contribution in [0.5, 0.6) is 5.75 Å². The summed E-state index contributed by atoms with van der Waals surface area (Å²) in [5.41, 5.74) is 8.60. The molecule has 1 rings (SSSR count). The van der Waals surface area contributed by atoms with Crippen LogP contribution < -0.4 is 5.73 Å². The van der Waals surface area contributed by atoms with Gasteiger partial charge in [-0.05, 0) is 43.5 Å². The number of aromatic hydroxyl groups is 1. The number of rotatable bonds is 4. The predicted molar refractivity (Wildman–Crippen MR) is 70.9 cm³/mol. The highest BCUT2D eigenvalue weighted by atomic mass is 16.3. The first kappa shape index (κ1) is 13.3. The van der Waals surface area contributed by atoms with Gasteiger partial charge in [-0.25, -0.2) is 0 Å². The van der Waals surface area contributed by atoms with Crippen molar-refractivity contribution in [2.45, 2.75) is 32.9 Å². The summed E-state index contributed by atoms with van der Waals surface area (Å²) in [5, 5.41) is 9.42. The summed E-state index contributed by atoms with van der Waals surface area (Å²) in [6, 6.07) is 5.26. The SMILES string of the molecule is C#CCCC(C)=NC(N)c1ccc(O)c(C)c1. The summed E-state index contributed by atoms with van der Waals surface area (Å²) < 4.78 is 0. The van der Waals surface area contributed by atoms with E-state index in [-0.39, 0.29) is 5.75 Å². The van der Waals surface area contributed by atoms with Gasteiger partial charge in [0.15, 0.2) is 0 Å². The molecule has 0 fully saturated rings. The van der Waals surface area contributed by atoms with E-state index in [4.69, 9.17) is 12.2 Å². The Kier molecular flexibility index (Phi) is 4.74. The molecule has 0 aromatic heterocycles. The van der Waals surface area contributed by atoms with Crippen LogP contribution in [0.15, 0.2) is 23.2 Å². The Morgan fingerprint density at radius 2 is 2.29 bits per heavy atom. The van der Waals surface area contributed by atoms with Crippen molar-refractivity contribution >= 4 is 5.71 Å². The highest BCUT2D eigenvalue weighted by molar-refractivity contribution is 5.82. The summed E-state index contributed by atoms with van der Waals surface area (Å²) in [4.78, 5) is 4.37. The molecule has 0 aliphatic carbocycles. The van der Waals surface area contributed by atoms with Gasteiger partial charge in [-0.1, -0.05) is 6.07 Å². The van der Waals surface area contributed by atoms with E-state index in [1.807, 2.05) is 19.9 Å². The van der Waals surface area contributed by atoms with E-state index in [0.717, 1.165) is 23.3 Å². The van der Waals surface area contributed by atoms with Gasteiger partial charge in [0.1, 0.15) is 11.9 Å². The lowest BCUT2D eigenvalue weighted by atomic mass is 10.1. The zero-order chi connectivity index (χ0) is 12.8. The Morgan fingerprint density at radius 3 is 2.88 bits per heavy atom. The predicted octanol–water partition coefficient (Wildman–Crippen LogP) is 2.53. The summed E-state index contributed by atoms with van der Waals surface area (Å²) in [6.07, 6.45) is 6.24. The van der Waals surface area contributed by atoms with Gasteiger partial charge in [0.25, 0.3) is 0 Å². The number of aryl methyl sites for hydroxylation is 1. The monoisotopic (exact) mass is 230 g/mol. The maximum absolute atomic E-state index is 9.42. The standard InChI is InChI=1S/C14H18N2O/c1-4-5-6-11(3)16-14(15)12-7-8-13(17)10(2)9-12/h1,7-9,14,17H,5-6,15H2,2-3H3. The fraction of sp³-hybridized carbons (Fsp3) is 0.357. The van der Waals surface area contributed by atoms with Crippen LogP contribution >= 0.6 is 0 Å². The van der Waals surface area contributed by atoms with Crippen LogP contribution in [0.3, 0.4) is 0 Å². The van der Waals surface area contributed by atoms with Crippen molar-refractivity contribution in [1.82, 2.24) is 0 Å². The molecular formula is C14H18N2O. The average Bonchev–Trinajstić information content (AvgIpc) is 2.30. The minimum atomic E-state index is -0.396. The second-order valence-electron chi connectivity index (χ2n) is 4.06. The molecule has 3 nitrogen and oxygen atoms in total. The number of terminal acetylenes is 1. The Balaban J connectivity index is 2.79. The number of phenolic OH excluding ortho intramolecular Hbond substituents is 1. The van der Waals surface area contributed by atoms with Crippen LogP contribution in [0, 0.1) is 19.3 Å². The fourth-order valence-corrected chi connectivity index (χ4v) is 1.49. The minimum Gasteiger partial charge on any atom is -0.508 e. The molecular weight excluding hydrogens is 212 g/mol. The number of aliphatic imine (C=N–C) groups is 1. The Bertz CT molecular complexity index is 458. The molecule has 3 N–H and O–H groups in total. The maximum Gasteiger partial charge on any atom is 0.122 e. The highest BCUT2D eigenvalue weighted by Gasteiger charge is 2.06. The van der Waals surface area contributed by atoms with Crippen LogP contribution in [0.2, 0.25) is 0 Å². The van der Waals surface area contributed by atoms with E-state index in [2.05, 4.69) is 10.9 Å². The smallest absolute Gasteiger partial charge is 0.122 e. The largest absolute Gasteiger partial charge is 0.508 e. The molecule has 1 aromatic carbocycles. The molecule has 17 heavy (non-hydrogen) atoms. The lowest BCUT2D eigenvalue weighted by molar-refractivity contribution is 0.470. The first-order valence-corrected chi connectivity index (χ1v) is 5.56. The van der Waals surface area contributed by atoms with Gasteiger partial charge in [-0.15, -0.1) is 12.3 Å². The van der Waals surface area contributed by atoms with Crippen LogP contribution in [-0.2, 0) is 0 Å². The molecule has 0 saturated heterocycles. The van der Waals surface area contributed by atoms with Gasteiger partial charge in [0, 0.05) is 12.1 Å². The van der Waals surface area contributed by atoms with E-state index in [0.29, 0.717) is 6.42 Å². The number of nitrogens with two attached hydrogens (primary N) is 1. The van der Waals surface area contributed by atoms with Crippen molar-refractivity contribution in [2.24, 2.45) is 10.7 Å². The summed E-state index contributed by atoms with van der Waals surface area (Å²) in [7, 11) is 0. The quantitative estimate of drug-likeness (QED) is 0.617. The molecule has 0 heterocycles. The maximum atomic E-state index is 9.42. The lowest BCUT2D eigenvalue weighted by Crippen LogP contribution is -2.10. The van der Waals surface area contributed by atoms with E-state index >= 15 is 0 Å². The van der Waals surface area contributed by atoms with Crippen molar-refractivity contribution in [3.05, 3.63) is 29.3 Å². The third-order valence-electron chi connectivity index (χ3n) is 2.55. The molecule has 0 spiro atoms. The second kappa shape index (κ2) is 6.07. The van der Waals surface area contributed by atoms with Crippen molar-refractivity contribution < 1.29 is 5.11 Å². The summed E-state index contributed by atoms with van der Waals surface area (Å²) >= 11 is 0. The molecule has 90 valence electrons. The number of hydrogen-bond acceptors (Lipinski definition) is 3. The average molecular weight is 230 g/mol. The molecule has 1 aromatic rings. The Morgan fingerprint density at radius 1 is 1.59 bits per heavy atom. The van der Waals surface area contributed by atoms with Crippen molar-refractivity contribution in [2.75, 3.05) is 0 Å². The molecule has 1 unspecified atom stereocenters. The highest BCUT2D eigenvalue weighted by Crippen LogP contribution is 2.21. The van der Waals surface area contributed by atoms with Gasteiger partial charge >= 0.3 is 0 Å². The molecule has 0 bridgehead atoms. The summed E-state index contributed by atoms with van der Waals surface area (Å²) in [6.45, 7) is 3.75. The van der Waals surface area contributed by atoms with E-state index in [1.54, 1.807) is 12.1 Å². The van der Waals surface area contributed by atoms with E-state index in [1.165, 1.54) is 0 Å². The van der Waals surface area contributed by atoms with Gasteiger partial charge in [0.05, 0.1) is 0 Å². The van der Waals surface area contributed by atoms with Crippen molar-refractivity contribution in [1.29, 1.82) is 0 Å². The third kappa shape index (κ3) is 3.93. The summed E-state index contributed by atoms with van der Waals surface area (Å²) in [5.74, 6) is 2.85. The lowest BCUT2D eigenvalue weighted by Gasteiger charge is -2.10. The van der Waals surface area contributed by atoms with Crippen molar-refractivity contribution in [3.8, 4) is 18.1 Å². The van der Waals surface area contributed by atoms with Gasteiger partial charge in [-0.3, -0.25) is 4.99 Å².